The largest absolute Gasteiger partial charge is 0.357 e. The van der Waals surface area contributed by atoms with Crippen LogP contribution in [0.1, 0.15) is 52.1 Å². The normalized spacial score (nSPS) is 14.8. The van der Waals surface area contributed by atoms with Crippen LogP contribution in [-0.4, -0.2) is 24.1 Å². The van der Waals surface area contributed by atoms with Gasteiger partial charge in [-0.3, -0.25) is 0 Å². The fourth-order valence-electron chi connectivity index (χ4n) is 2.52. The molecule has 1 aliphatic rings. The Morgan fingerprint density at radius 2 is 2.00 bits per heavy atom. The number of aromatic nitrogens is 1. The maximum atomic E-state index is 4.83. The summed E-state index contributed by atoms with van der Waals surface area (Å²) in [6.45, 7) is 9.84. The minimum absolute atomic E-state index is 0.743. The summed E-state index contributed by atoms with van der Waals surface area (Å²) in [4.78, 5) is 7.24. The van der Waals surface area contributed by atoms with Crippen molar-refractivity contribution in [3.8, 4) is 0 Å². The molecule has 0 aromatic carbocycles. The molecule has 0 radical (unpaired) electrons. The van der Waals surface area contributed by atoms with E-state index in [4.69, 9.17) is 4.98 Å². The predicted octanol–water partition coefficient (Wildman–Crippen LogP) is 3.60. The molecular weight excluding hydrogens is 246 g/mol. The lowest BCUT2D eigenvalue weighted by atomic mass is 10.0. The van der Waals surface area contributed by atoms with E-state index in [9.17, 15) is 0 Å². The van der Waals surface area contributed by atoms with Gasteiger partial charge in [-0.2, -0.15) is 0 Å². The number of rotatable bonds is 9. The third kappa shape index (κ3) is 4.48. The van der Waals surface area contributed by atoms with Crippen LogP contribution in [0, 0.1) is 5.92 Å². The van der Waals surface area contributed by atoms with E-state index in [0.29, 0.717) is 0 Å². The van der Waals surface area contributed by atoms with Crippen molar-refractivity contribution in [1.82, 2.24) is 10.3 Å². The Labute approximate surface area is 123 Å². The van der Waals surface area contributed by atoms with Crippen LogP contribution in [0.15, 0.2) is 18.2 Å². The highest BCUT2D eigenvalue weighted by molar-refractivity contribution is 5.39. The zero-order valence-corrected chi connectivity index (χ0v) is 13.2. The minimum Gasteiger partial charge on any atom is -0.357 e. The van der Waals surface area contributed by atoms with E-state index < -0.39 is 0 Å². The topological polar surface area (TPSA) is 28.2 Å². The molecule has 0 saturated heterocycles. The Morgan fingerprint density at radius 3 is 2.60 bits per heavy atom. The third-order valence-electron chi connectivity index (χ3n) is 4.28. The van der Waals surface area contributed by atoms with Crippen molar-refractivity contribution in [2.75, 3.05) is 18.0 Å². The molecule has 1 aliphatic carbocycles. The summed E-state index contributed by atoms with van der Waals surface area (Å²) in [5, 5.41) is 3.54. The van der Waals surface area contributed by atoms with Crippen LogP contribution < -0.4 is 10.2 Å². The van der Waals surface area contributed by atoms with E-state index in [1.807, 2.05) is 0 Å². The molecule has 0 atom stereocenters. The van der Waals surface area contributed by atoms with Crippen LogP contribution in [0.3, 0.4) is 0 Å². The highest BCUT2D eigenvalue weighted by Gasteiger charge is 2.20. The van der Waals surface area contributed by atoms with Crippen LogP contribution in [0.5, 0.6) is 0 Å². The molecule has 0 bridgehead atoms. The van der Waals surface area contributed by atoms with E-state index in [0.717, 1.165) is 43.1 Å². The fraction of sp³-hybridized carbons (Fsp3) is 0.706. The molecule has 2 rings (SSSR count). The molecule has 0 aliphatic heterocycles. The summed E-state index contributed by atoms with van der Waals surface area (Å²) < 4.78 is 0. The first-order valence-electron chi connectivity index (χ1n) is 8.21. The van der Waals surface area contributed by atoms with E-state index in [1.165, 1.54) is 25.7 Å². The van der Waals surface area contributed by atoms with Gasteiger partial charge in [0.1, 0.15) is 5.82 Å². The van der Waals surface area contributed by atoms with Crippen LogP contribution >= 0.6 is 0 Å². The lowest BCUT2D eigenvalue weighted by Crippen LogP contribution is -2.30. The van der Waals surface area contributed by atoms with Crippen molar-refractivity contribution in [2.45, 2.75) is 59.0 Å². The zero-order valence-electron chi connectivity index (χ0n) is 13.2. The number of nitrogens with one attached hydrogen (secondary N) is 1. The van der Waals surface area contributed by atoms with Gasteiger partial charge >= 0.3 is 0 Å². The molecule has 3 heteroatoms. The Balaban J connectivity index is 1.98. The lowest BCUT2D eigenvalue weighted by Gasteiger charge is -2.26. The molecule has 1 aromatic rings. The predicted molar refractivity (Wildman–Crippen MR) is 86.1 cm³/mol. The van der Waals surface area contributed by atoms with Gasteiger partial charge in [0.05, 0.1) is 5.69 Å². The average Bonchev–Trinajstić information content (AvgIpc) is 3.31. The first-order chi connectivity index (χ1) is 9.76. The molecule has 1 heterocycles. The van der Waals surface area contributed by atoms with Gasteiger partial charge in [0, 0.05) is 25.7 Å². The number of anilines is 1. The average molecular weight is 275 g/mol. The zero-order chi connectivity index (χ0) is 14.4. The molecule has 1 saturated carbocycles. The van der Waals surface area contributed by atoms with Gasteiger partial charge < -0.3 is 10.2 Å². The molecular formula is C17H29N3. The van der Waals surface area contributed by atoms with Crippen molar-refractivity contribution in [1.29, 1.82) is 0 Å². The molecule has 0 unspecified atom stereocenters. The Kier molecular flexibility index (Phi) is 5.84. The quantitative estimate of drug-likeness (QED) is 0.746. The van der Waals surface area contributed by atoms with Gasteiger partial charge in [-0.05, 0) is 37.8 Å². The smallest absolute Gasteiger partial charge is 0.128 e. The molecule has 20 heavy (non-hydrogen) atoms. The van der Waals surface area contributed by atoms with Gasteiger partial charge in [-0.1, -0.05) is 32.8 Å². The molecule has 1 N–H and O–H groups in total. The van der Waals surface area contributed by atoms with Crippen LogP contribution in [0.4, 0.5) is 5.82 Å². The van der Waals surface area contributed by atoms with E-state index in [2.05, 4.69) is 49.2 Å². The van der Waals surface area contributed by atoms with Gasteiger partial charge in [-0.15, -0.1) is 0 Å². The first-order valence-corrected chi connectivity index (χ1v) is 8.21. The van der Waals surface area contributed by atoms with Crippen LogP contribution in [0.25, 0.3) is 0 Å². The SMILES string of the molecule is CCC(CC)CN(CC)c1cccc(CNC2CC2)n1. The van der Waals surface area contributed by atoms with E-state index in [-0.39, 0.29) is 0 Å². The van der Waals surface area contributed by atoms with Gasteiger partial charge in [0.25, 0.3) is 0 Å². The molecule has 0 spiro atoms. The summed E-state index contributed by atoms with van der Waals surface area (Å²) >= 11 is 0. The molecule has 0 amide bonds. The summed E-state index contributed by atoms with van der Waals surface area (Å²) in [5.74, 6) is 1.90. The van der Waals surface area contributed by atoms with Gasteiger partial charge in [0.2, 0.25) is 0 Å². The summed E-state index contributed by atoms with van der Waals surface area (Å²) in [6.07, 6.45) is 5.15. The monoisotopic (exact) mass is 275 g/mol. The first kappa shape index (κ1) is 15.3. The van der Waals surface area contributed by atoms with Crippen molar-refractivity contribution in [2.24, 2.45) is 5.92 Å². The number of pyridine rings is 1. The van der Waals surface area contributed by atoms with E-state index >= 15 is 0 Å². The second-order valence-corrected chi connectivity index (χ2v) is 5.86. The lowest BCUT2D eigenvalue weighted by molar-refractivity contribution is 0.484. The molecule has 112 valence electrons. The highest BCUT2D eigenvalue weighted by atomic mass is 15.2. The van der Waals surface area contributed by atoms with Crippen molar-refractivity contribution < 1.29 is 0 Å². The van der Waals surface area contributed by atoms with Crippen LogP contribution in [-0.2, 0) is 6.54 Å². The number of hydrogen-bond donors (Lipinski definition) is 1. The third-order valence-corrected chi connectivity index (χ3v) is 4.28. The van der Waals surface area contributed by atoms with Gasteiger partial charge in [-0.25, -0.2) is 4.98 Å². The maximum Gasteiger partial charge on any atom is 0.128 e. The van der Waals surface area contributed by atoms with Crippen molar-refractivity contribution in [3.63, 3.8) is 0 Å². The number of hydrogen-bond acceptors (Lipinski definition) is 3. The van der Waals surface area contributed by atoms with E-state index in [1.54, 1.807) is 0 Å². The molecule has 1 fully saturated rings. The second kappa shape index (κ2) is 7.63. The maximum absolute atomic E-state index is 4.83. The van der Waals surface area contributed by atoms with Gasteiger partial charge in [0.15, 0.2) is 0 Å². The minimum atomic E-state index is 0.743. The fourth-order valence-corrected chi connectivity index (χ4v) is 2.52. The summed E-state index contributed by atoms with van der Waals surface area (Å²) in [6, 6.07) is 7.16. The summed E-state index contributed by atoms with van der Waals surface area (Å²) in [5.41, 5.74) is 1.16. The molecule has 1 aromatic heterocycles. The van der Waals surface area contributed by atoms with Crippen molar-refractivity contribution in [3.05, 3.63) is 23.9 Å². The Bertz CT molecular complexity index is 397. The van der Waals surface area contributed by atoms with Crippen molar-refractivity contribution >= 4 is 5.82 Å². The highest BCUT2D eigenvalue weighted by Crippen LogP contribution is 2.20. The Hall–Kier alpha value is -1.09. The standard InChI is InChI=1S/C17H29N3/c1-4-14(5-2)13-20(6-3)17-9-7-8-16(19-17)12-18-15-10-11-15/h7-9,14-15,18H,4-6,10-13H2,1-3H3. The summed E-state index contributed by atoms with van der Waals surface area (Å²) in [7, 11) is 0. The second-order valence-electron chi connectivity index (χ2n) is 5.86. The number of nitrogens with zero attached hydrogens (tertiary/aromatic N) is 2. The Morgan fingerprint density at radius 1 is 1.25 bits per heavy atom. The van der Waals surface area contributed by atoms with Crippen LogP contribution in [0.2, 0.25) is 0 Å². The molecule has 3 nitrogen and oxygen atoms in total.